The van der Waals surface area contributed by atoms with Gasteiger partial charge in [0.15, 0.2) is 5.13 Å². The molecule has 0 unspecified atom stereocenters. The van der Waals surface area contributed by atoms with E-state index in [-0.39, 0.29) is 0 Å². The van der Waals surface area contributed by atoms with Crippen molar-refractivity contribution in [2.24, 2.45) is 0 Å². The highest BCUT2D eigenvalue weighted by atomic mass is 32.2. The van der Waals surface area contributed by atoms with E-state index in [0.29, 0.717) is 11.7 Å². The molecule has 1 aromatic heterocycles. The lowest BCUT2D eigenvalue weighted by atomic mass is 9.90. The summed E-state index contributed by atoms with van der Waals surface area (Å²) < 4.78 is 0. The molecule has 1 aliphatic heterocycles. The maximum Gasteiger partial charge on any atom is 0.315 e. The van der Waals surface area contributed by atoms with Crippen LogP contribution in [-0.2, 0) is 10.2 Å². The van der Waals surface area contributed by atoms with Gasteiger partial charge in [-0.2, -0.15) is 11.8 Å². The van der Waals surface area contributed by atoms with Gasteiger partial charge in [0.2, 0.25) is 0 Å². The van der Waals surface area contributed by atoms with Gasteiger partial charge in [0.25, 0.3) is 0 Å². The Balaban J connectivity index is 2.03. The molecule has 4 nitrogen and oxygen atoms in total. The summed E-state index contributed by atoms with van der Waals surface area (Å²) >= 11 is 3.48. The smallest absolute Gasteiger partial charge is 0.315 e. The van der Waals surface area contributed by atoms with Crippen LogP contribution in [0.5, 0.6) is 0 Å². The Hall–Kier alpha value is -0.750. The van der Waals surface area contributed by atoms with Crippen molar-refractivity contribution in [2.75, 3.05) is 16.8 Å². The maximum absolute atomic E-state index is 11.2. The maximum atomic E-state index is 11.2. The number of thiazole rings is 1. The highest BCUT2D eigenvalue weighted by Crippen LogP contribution is 2.29. The van der Waals surface area contributed by atoms with Crippen LogP contribution >= 0.6 is 23.1 Å². The van der Waals surface area contributed by atoms with E-state index in [9.17, 15) is 4.79 Å². The quantitative estimate of drug-likeness (QED) is 0.891. The van der Waals surface area contributed by atoms with Gasteiger partial charge in [0.05, 0.1) is 5.69 Å². The van der Waals surface area contributed by atoms with Crippen molar-refractivity contribution in [3.63, 3.8) is 0 Å². The summed E-state index contributed by atoms with van der Waals surface area (Å²) in [4.78, 5) is 15.6. The van der Waals surface area contributed by atoms with Crippen molar-refractivity contribution in [2.45, 2.75) is 38.1 Å². The summed E-state index contributed by atoms with van der Waals surface area (Å²) in [7, 11) is 0. The molecule has 1 aliphatic rings. The lowest BCUT2D eigenvalue weighted by Gasteiger charge is -2.22. The molecule has 2 heterocycles. The molecule has 0 radical (unpaired) electrons. The van der Waals surface area contributed by atoms with Crippen LogP contribution in [0.2, 0.25) is 0 Å². The van der Waals surface area contributed by atoms with Crippen LogP contribution in [0, 0.1) is 0 Å². The fraction of sp³-hybridized carbons (Fsp3) is 0.667. The van der Waals surface area contributed by atoms with E-state index in [1.54, 1.807) is 13.8 Å². The molecule has 2 N–H and O–H groups in total. The van der Waals surface area contributed by atoms with Crippen LogP contribution in [0.25, 0.3) is 0 Å². The van der Waals surface area contributed by atoms with Crippen LogP contribution in [0.1, 0.15) is 32.4 Å². The average Bonchev–Trinajstić information content (AvgIpc) is 2.79. The van der Waals surface area contributed by atoms with Crippen molar-refractivity contribution >= 4 is 34.2 Å². The Morgan fingerprint density at radius 2 is 2.17 bits per heavy atom. The van der Waals surface area contributed by atoms with Crippen molar-refractivity contribution < 1.29 is 9.90 Å². The Labute approximate surface area is 115 Å². The van der Waals surface area contributed by atoms with Gasteiger partial charge in [-0.25, -0.2) is 4.98 Å². The number of anilines is 1. The molecule has 1 fully saturated rings. The van der Waals surface area contributed by atoms with Gasteiger partial charge in [-0.15, -0.1) is 11.3 Å². The number of rotatable bonds is 4. The molecule has 0 bridgehead atoms. The largest absolute Gasteiger partial charge is 0.481 e. The highest BCUT2D eigenvalue weighted by molar-refractivity contribution is 7.99. The number of hydrogen-bond acceptors (Lipinski definition) is 5. The minimum absolute atomic E-state index is 0.484. The number of aromatic nitrogens is 1. The molecule has 2 rings (SSSR count). The van der Waals surface area contributed by atoms with Crippen molar-refractivity contribution in [1.29, 1.82) is 0 Å². The van der Waals surface area contributed by atoms with E-state index >= 15 is 0 Å². The summed E-state index contributed by atoms with van der Waals surface area (Å²) in [5.74, 6) is 1.54. The van der Waals surface area contributed by atoms with Crippen LogP contribution in [0.4, 0.5) is 5.13 Å². The van der Waals surface area contributed by atoms with Crippen molar-refractivity contribution in [3.8, 4) is 0 Å². The fourth-order valence-corrected chi connectivity index (χ4v) is 3.82. The standard InChI is InChI=1S/C12H18N2O2S2/c1-12(2,10(15)16)9-7-18-11(14-9)13-8-3-5-17-6-4-8/h7-8H,3-6H2,1-2H3,(H,13,14)(H,15,16). The third-order valence-electron chi connectivity index (χ3n) is 3.23. The second-order valence-electron chi connectivity index (χ2n) is 5.00. The monoisotopic (exact) mass is 286 g/mol. The molecule has 0 amide bonds. The predicted molar refractivity (Wildman–Crippen MR) is 76.7 cm³/mol. The van der Waals surface area contributed by atoms with E-state index in [0.717, 1.165) is 18.0 Å². The lowest BCUT2D eigenvalue weighted by molar-refractivity contribution is -0.142. The molecular formula is C12H18N2O2S2. The zero-order valence-electron chi connectivity index (χ0n) is 10.6. The van der Waals surface area contributed by atoms with Gasteiger partial charge in [0.1, 0.15) is 5.41 Å². The second kappa shape index (κ2) is 5.48. The van der Waals surface area contributed by atoms with Crippen LogP contribution in [0.15, 0.2) is 5.38 Å². The molecule has 1 saturated heterocycles. The Bertz CT molecular complexity index is 425. The number of carboxylic acids is 1. The van der Waals surface area contributed by atoms with Gasteiger partial charge in [-0.3, -0.25) is 4.79 Å². The predicted octanol–water partition coefficient (Wildman–Crippen LogP) is 2.81. The number of nitrogens with zero attached hydrogens (tertiary/aromatic N) is 1. The Morgan fingerprint density at radius 3 is 2.78 bits per heavy atom. The lowest BCUT2D eigenvalue weighted by Crippen LogP contribution is -2.29. The summed E-state index contributed by atoms with van der Waals surface area (Å²) in [6.07, 6.45) is 2.31. The molecule has 6 heteroatoms. The van der Waals surface area contributed by atoms with E-state index in [4.69, 9.17) is 5.11 Å². The van der Waals surface area contributed by atoms with Crippen molar-refractivity contribution in [1.82, 2.24) is 4.98 Å². The molecular weight excluding hydrogens is 268 g/mol. The first-order valence-corrected chi connectivity index (χ1v) is 8.07. The van der Waals surface area contributed by atoms with E-state index in [2.05, 4.69) is 10.3 Å². The minimum atomic E-state index is -0.918. The number of aliphatic carboxylic acids is 1. The number of hydrogen-bond donors (Lipinski definition) is 2. The number of thioether (sulfide) groups is 1. The second-order valence-corrected chi connectivity index (χ2v) is 7.08. The van der Waals surface area contributed by atoms with Crippen LogP contribution in [-0.4, -0.2) is 33.6 Å². The molecule has 0 atom stereocenters. The van der Waals surface area contributed by atoms with Gasteiger partial charge < -0.3 is 10.4 Å². The Kier molecular flexibility index (Phi) is 4.17. The van der Waals surface area contributed by atoms with Crippen LogP contribution < -0.4 is 5.32 Å². The van der Waals surface area contributed by atoms with E-state index < -0.39 is 11.4 Å². The van der Waals surface area contributed by atoms with Gasteiger partial charge in [-0.05, 0) is 38.2 Å². The third-order valence-corrected chi connectivity index (χ3v) is 5.05. The molecule has 0 saturated carbocycles. The average molecular weight is 286 g/mol. The number of carbonyl (C=O) groups is 1. The molecule has 100 valence electrons. The first-order valence-electron chi connectivity index (χ1n) is 6.04. The molecule has 0 spiro atoms. The van der Waals surface area contributed by atoms with Crippen LogP contribution in [0.3, 0.4) is 0 Å². The molecule has 0 aromatic carbocycles. The van der Waals surface area contributed by atoms with Crippen molar-refractivity contribution in [3.05, 3.63) is 11.1 Å². The summed E-state index contributed by atoms with van der Waals surface area (Å²) in [5.41, 5.74) is -0.286. The molecule has 18 heavy (non-hydrogen) atoms. The molecule has 1 aromatic rings. The van der Waals surface area contributed by atoms with Gasteiger partial charge in [0, 0.05) is 11.4 Å². The number of carboxylic acid groups (broad SMARTS) is 1. The minimum Gasteiger partial charge on any atom is -0.481 e. The third kappa shape index (κ3) is 2.98. The van der Waals surface area contributed by atoms with E-state index in [1.165, 1.54) is 22.8 Å². The summed E-state index contributed by atoms with van der Waals surface area (Å²) in [6, 6.07) is 0.484. The zero-order valence-corrected chi connectivity index (χ0v) is 12.2. The summed E-state index contributed by atoms with van der Waals surface area (Å²) in [6.45, 7) is 3.37. The topological polar surface area (TPSA) is 62.2 Å². The SMILES string of the molecule is CC(C)(C(=O)O)c1csc(NC2CCSCC2)n1. The zero-order chi connectivity index (χ0) is 13.2. The van der Waals surface area contributed by atoms with Gasteiger partial charge >= 0.3 is 5.97 Å². The number of nitrogens with one attached hydrogen (secondary N) is 1. The molecule has 0 aliphatic carbocycles. The highest BCUT2D eigenvalue weighted by Gasteiger charge is 2.32. The van der Waals surface area contributed by atoms with Gasteiger partial charge in [-0.1, -0.05) is 0 Å². The normalized spacial score (nSPS) is 17.7. The summed E-state index contributed by atoms with van der Waals surface area (Å²) in [5, 5.41) is 15.3. The van der Waals surface area contributed by atoms with E-state index in [1.807, 2.05) is 17.1 Å². The first-order chi connectivity index (χ1) is 8.50. The first kappa shape index (κ1) is 13.7. The fourth-order valence-electron chi connectivity index (χ4n) is 1.75. The Morgan fingerprint density at radius 1 is 1.50 bits per heavy atom.